The highest BCUT2D eigenvalue weighted by atomic mass is 16.5. The number of nitrogens with zero attached hydrogens (tertiary/aromatic N) is 1. The van der Waals surface area contributed by atoms with E-state index in [1.807, 2.05) is 6.07 Å². The van der Waals surface area contributed by atoms with E-state index in [4.69, 9.17) is 5.26 Å². The Labute approximate surface area is 78.1 Å². The standard InChI is InChI=1S/C9H15NO3/c1-3-8(11)5-7(6-10)9(12)13-4-2/h7-8,11H,3-5H2,1-2H3. The van der Waals surface area contributed by atoms with E-state index in [0.717, 1.165) is 0 Å². The zero-order valence-corrected chi connectivity index (χ0v) is 7.99. The summed E-state index contributed by atoms with van der Waals surface area (Å²) in [6.45, 7) is 3.74. The van der Waals surface area contributed by atoms with Crippen LogP contribution >= 0.6 is 0 Å². The Kier molecular flexibility index (Phi) is 5.90. The number of esters is 1. The van der Waals surface area contributed by atoms with Crippen LogP contribution in [-0.4, -0.2) is 23.8 Å². The molecule has 0 aliphatic heterocycles. The maximum Gasteiger partial charge on any atom is 0.323 e. The number of carbonyl (C=O) groups is 1. The van der Waals surface area contributed by atoms with Crippen molar-refractivity contribution in [3.05, 3.63) is 0 Å². The van der Waals surface area contributed by atoms with Crippen LogP contribution in [0.4, 0.5) is 0 Å². The molecule has 0 rings (SSSR count). The molecule has 4 nitrogen and oxygen atoms in total. The number of carbonyl (C=O) groups excluding carboxylic acids is 1. The average molecular weight is 185 g/mol. The molecule has 0 radical (unpaired) electrons. The first kappa shape index (κ1) is 11.9. The van der Waals surface area contributed by atoms with Gasteiger partial charge < -0.3 is 9.84 Å². The fourth-order valence-corrected chi connectivity index (χ4v) is 0.883. The second-order valence-corrected chi connectivity index (χ2v) is 2.73. The molecule has 0 aliphatic rings. The molecular weight excluding hydrogens is 170 g/mol. The molecular formula is C9H15NO3. The molecule has 0 aliphatic carbocycles. The SMILES string of the molecule is CCOC(=O)C(C#N)CC(O)CC. The minimum atomic E-state index is -0.838. The van der Waals surface area contributed by atoms with Crippen molar-refractivity contribution in [3.8, 4) is 6.07 Å². The maximum absolute atomic E-state index is 11.1. The lowest BCUT2D eigenvalue weighted by Gasteiger charge is -2.11. The zero-order valence-electron chi connectivity index (χ0n) is 7.99. The van der Waals surface area contributed by atoms with Crippen LogP contribution in [0.15, 0.2) is 0 Å². The molecule has 2 atom stereocenters. The van der Waals surface area contributed by atoms with E-state index in [2.05, 4.69) is 4.74 Å². The molecule has 0 saturated carbocycles. The summed E-state index contributed by atoms with van der Waals surface area (Å²) in [5, 5.41) is 17.8. The van der Waals surface area contributed by atoms with Gasteiger partial charge in [0.05, 0.1) is 18.8 Å². The second-order valence-electron chi connectivity index (χ2n) is 2.73. The minimum absolute atomic E-state index is 0.159. The minimum Gasteiger partial charge on any atom is -0.465 e. The van der Waals surface area contributed by atoms with Gasteiger partial charge in [0.2, 0.25) is 0 Å². The number of aliphatic hydroxyl groups excluding tert-OH is 1. The summed E-state index contributed by atoms with van der Waals surface area (Å²) >= 11 is 0. The molecule has 0 fully saturated rings. The molecule has 0 saturated heterocycles. The predicted octanol–water partition coefficient (Wildman–Crippen LogP) is 0.850. The van der Waals surface area contributed by atoms with Gasteiger partial charge in [-0.1, -0.05) is 6.92 Å². The van der Waals surface area contributed by atoms with Crippen LogP contribution in [0, 0.1) is 17.2 Å². The van der Waals surface area contributed by atoms with E-state index in [0.29, 0.717) is 6.42 Å². The Morgan fingerprint density at radius 3 is 2.62 bits per heavy atom. The van der Waals surface area contributed by atoms with Crippen molar-refractivity contribution in [1.82, 2.24) is 0 Å². The highest BCUT2D eigenvalue weighted by molar-refractivity contribution is 5.75. The largest absolute Gasteiger partial charge is 0.465 e. The molecule has 0 spiro atoms. The maximum atomic E-state index is 11.1. The summed E-state index contributed by atoms with van der Waals surface area (Å²) in [7, 11) is 0. The summed E-state index contributed by atoms with van der Waals surface area (Å²) in [5.41, 5.74) is 0. The highest BCUT2D eigenvalue weighted by Gasteiger charge is 2.21. The fraction of sp³-hybridized carbons (Fsp3) is 0.778. The van der Waals surface area contributed by atoms with Gasteiger partial charge in [0.25, 0.3) is 0 Å². The van der Waals surface area contributed by atoms with Gasteiger partial charge in [-0.25, -0.2) is 0 Å². The van der Waals surface area contributed by atoms with Crippen molar-refractivity contribution in [2.24, 2.45) is 5.92 Å². The van der Waals surface area contributed by atoms with Crippen LogP contribution in [0.3, 0.4) is 0 Å². The van der Waals surface area contributed by atoms with E-state index in [9.17, 15) is 9.90 Å². The Bertz CT molecular complexity index is 198. The Morgan fingerprint density at radius 1 is 1.62 bits per heavy atom. The van der Waals surface area contributed by atoms with E-state index in [-0.39, 0.29) is 13.0 Å². The average Bonchev–Trinajstić information content (AvgIpc) is 2.14. The van der Waals surface area contributed by atoms with Crippen LogP contribution in [-0.2, 0) is 9.53 Å². The molecule has 0 aromatic carbocycles. The van der Waals surface area contributed by atoms with Gasteiger partial charge in [-0.05, 0) is 19.8 Å². The molecule has 13 heavy (non-hydrogen) atoms. The number of aliphatic hydroxyl groups is 1. The van der Waals surface area contributed by atoms with Gasteiger partial charge in [-0.2, -0.15) is 5.26 Å². The lowest BCUT2D eigenvalue weighted by Crippen LogP contribution is -2.21. The van der Waals surface area contributed by atoms with Gasteiger partial charge in [0.1, 0.15) is 5.92 Å². The van der Waals surface area contributed by atoms with Crippen molar-refractivity contribution in [2.75, 3.05) is 6.61 Å². The molecule has 2 unspecified atom stereocenters. The third kappa shape index (κ3) is 4.48. The van der Waals surface area contributed by atoms with Gasteiger partial charge >= 0.3 is 5.97 Å². The lowest BCUT2D eigenvalue weighted by atomic mass is 10.0. The Hall–Kier alpha value is -1.08. The summed E-state index contributed by atoms with van der Waals surface area (Å²) < 4.78 is 4.67. The van der Waals surface area contributed by atoms with Crippen molar-refractivity contribution in [1.29, 1.82) is 5.26 Å². The Morgan fingerprint density at radius 2 is 2.23 bits per heavy atom. The lowest BCUT2D eigenvalue weighted by molar-refractivity contribution is -0.146. The number of rotatable bonds is 5. The van der Waals surface area contributed by atoms with Gasteiger partial charge in [0, 0.05) is 0 Å². The van der Waals surface area contributed by atoms with Crippen molar-refractivity contribution in [2.45, 2.75) is 32.8 Å². The topological polar surface area (TPSA) is 70.3 Å². The molecule has 0 heterocycles. The first-order chi connectivity index (χ1) is 6.15. The van der Waals surface area contributed by atoms with E-state index < -0.39 is 18.0 Å². The molecule has 0 aromatic heterocycles. The van der Waals surface area contributed by atoms with Crippen LogP contribution in [0.1, 0.15) is 26.7 Å². The number of nitriles is 1. The van der Waals surface area contributed by atoms with Crippen LogP contribution < -0.4 is 0 Å². The quantitative estimate of drug-likeness (QED) is 0.644. The highest BCUT2D eigenvalue weighted by Crippen LogP contribution is 2.10. The molecule has 1 N–H and O–H groups in total. The van der Waals surface area contributed by atoms with E-state index >= 15 is 0 Å². The first-order valence-corrected chi connectivity index (χ1v) is 4.40. The third-order valence-corrected chi connectivity index (χ3v) is 1.71. The van der Waals surface area contributed by atoms with Crippen LogP contribution in [0.2, 0.25) is 0 Å². The Balaban J connectivity index is 4.04. The van der Waals surface area contributed by atoms with Crippen LogP contribution in [0.25, 0.3) is 0 Å². The van der Waals surface area contributed by atoms with Crippen molar-refractivity contribution >= 4 is 5.97 Å². The summed E-state index contributed by atoms with van der Waals surface area (Å²) in [5.74, 6) is -1.38. The normalized spacial score (nSPS) is 14.3. The molecule has 0 aromatic rings. The molecule has 0 bridgehead atoms. The summed E-state index contributed by atoms with van der Waals surface area (Å²) in [6, 6.07) is 1.82. The molecule has 74 valence electrons. The van der Waals surface area contributed by atoms with E-state index in [1.165, 1.54) is 0 Å². The number of ether oxygens (including phenoxy) is 1. The molecule has 4 heteroatoms. The molecule has 0 amide bonds. The van der Waals surface area contributed by atoms with Gasteiger partial charge in [-0.3, -0.25) is 4.79 Å². The summed E-state index contributed by atoms with van der Waals surface area (Å²) in [6.07, 6.45) is 0.0951. The van der Waals surface area contributed by atoms with Gasteiger partial charge in [0.15, 0.2) is 0 Å². The fourth-order valence-electron chi connectivity index (χ4n) is 0.883. The first-order valence-electron chi connectivity index (χ1n) is 4.40. The van der Waals surface area contributed by atoms with Crippen molar-refractivity contribution < 1.29 is 14.6 Å². The second kappa shape index (κ2) is 6.44. The number of hydrogen-bond donors (Lipinski definition) is 1. The smallest absolute Gasteiger partial charge is 0.323 e. The number of hydrogen-bond acceptors (Lipinski definition) is 4. The van der Waals surface area contributed by atoms with E-state index in [1.54, 1.807) is 13.8 Å². The predicted molar refractivity (Wildman–Crippen MR) is 46.7 cm³/mol. The zero-order chi connectivity index (χ0) is 10.3. The van der Waals surface area contributed by atoms with Crippen LogP contribution in [0.5, 0.6) is 0 Å². The van der Waals surface area contributed by atoms with Gasteiger partial charge in [-0.15, -0.1) is 0 Å². The van der Waals surface area contributed by atoms with Crippen molar-refractivity contribution in [3.63, 3.8) is 0 Å². The third-order valence-electron chi connectivity index (χ3n) is 1.71. The summed E-state index contributed by atoms with van der Waals surface area (Å²) in [4.78, 5) is 11.1. The monoisotopic (exact) mass is 185 g/mol.